The molecule has 1 aromatic heterocycles. The molecule has 0 radical (unpaired) electrons. The molecule has 0 aliphatic carbocycles. The molecule has 0 spiro atoms. The van der Waals surface area contributed by atoms with E-state index in [0.717, 1.165) is 40.0 Å². The molecule has 0 aliphatic heterocycles. The number of hydrogen-bond donors (Lipinski definition) is 0. The van der Waals surface area contributed by atoms with E-state index in [2.05, 4.69) is 0 Å². The Kier molecular flexibility index (Phi) is 6.88. The summed E-state index contributed by atoms with van der Waals surface area (Å²) >= 11 is 1.00. The van der Waals surface area contributed by atoms with E-state index in [1.54, 1.807) is 30.3 Å². The van der Waals surface area contributed by atoms with Crippen molar-refractivity contribution in [1.82, 2.24) is 4.57 Å². The van der Waals surface area contributed by atoms with Gasteiger partial charge in [-0.1, -0.05) is 66.6 Å². The second-order valence-electron chi connectivity index (χ2n) is 8.24. The Labute approximate surface area is 208 Å². The molecule has 0 amide bonds. The Morgan fingerprint density at radius 2 is 1.51 bits per heavy atom. The van der Waals surface area contributed by atoms with E-state index in [4.69, 9.17) is 0 Å². The van der Waals surface area contributed by atoms with Crippen LogP contribution in [0.2, 0.25) is 0 Å². The topological polar surface area (TPSA) is 79.9 Å². The second kappa shape index (κ2) is 9.87. The predicted molar refractivity (Wildman–Crippen MR) is 141 cm³/mol. The fraction of sp³-hybridized carbons (Fsp3) is 0.143. The standard InChI is InChI=1S/C28H24N2O3S2/c1-4-21-11-13-23(14-12-21)30-27(31)25(17-22-9-5-19(2)6-10-22)34-28(30)26(18-29)35(32,33)24-15-7-20(3)8-16-24/h5-17H,4H2,1-3H3/b25-17-,28-26+. The Morgan fingerprint density at radius 3 is 2.06 bits per heavy atom. The van der Waals surface area contributed by atoms with Crippen molar-refractivity contribution in [2.24, 2.45) is 0 Å². The first kappa shape index (κ1) is 24.4. The third-order valence-corrected chi connectivity index (χ3v) is 8.63. The highest BCUT2D eigenvalue weighted by atomic mass is 32.2. The van der Waals surface area contributed by atoms with E-state index in [-0.39, 0.29) is 15.1 Å². The first-order valence-corrected chi connectivity index (χ1v) is 13.4. The van der Waals surface area contributed by atoms with Crippen LogP contribution in [0.1, 0.15) is 29.2 Å². The SMILES string of the molecule is CCc1ccc(-n2c(=O)/c(=C/c3ccc(C)cc3)s/c2=C(\C#N)S(=O)(=O)c2ccc(C)cc2)cc1. The minimum atomic E-state index is -4.15. The lowest BCUT2D eigenvalue weighted by Gasteiger charge is -2.06. The van der Waals surface area contributed by atoms with Gasteiger partial charge in [0.15, 0.2) is 4.91 Å². The molecule has 35 heavy (non-hydrogen) atoms. The first-order chi connectivity index (χ1) is 16.7. The summed E-state index contributed by atoms with van der Waals surface area (Å²) in [5.74, 6) is 0. The van der Waals surface area contributed by atoms with Gasteiger partial charge in [0, 0.05) is 0 Å². The van der Waals surface area contributed by atoms with Gasteiger partial charge in [0.1, 0.15) is 10.7 Å². The molecule has 0 N–H and O–H groups in total. The van der Waals surface area contributed by atoms with Gasteiger partial charge in [-0.2, -0.15) is 5.26 Å². The van der Waals surface area contributed by atoms with E-state index in [9.17, 15) is 18.5 Å². The number of thiazole rings is 1. The molecule has 1 heterocycles. The van der Waals surface area contributed by atoms with Crippen LogP contribution in [-0.4, -0.2) is 13.0 Å². The lowest BCUT2D eigenvalue weighted by Crippen LogP contribution is -2.31. The number of benzene rings is 3. The van der Waals surface area contributed by atoms with Crippen LogP contribution in [0.5, 0.6) is 0 Å². The molecule has 3 aromatic carbocycles. The van der Waals surface area contributed by atoms with Gasteiger partial charge in [-0.15, -0.1) is 11.3 Å². The van der Waals surface area contributed by atoms with E-state index < -0.39 is 14.7 Å². The van der Waals surface area contributed by atoms with Crippen LogP contribution < -0.4 is 14.8 Å². The van der Waals surface area contributed by atoms with Crippen LogP contribution >= 0.6 is 11.3 Å². The molecule has 7 heteroatoms. The lowest BCUT2D eigenvalue weighted by molar-refractivity contribution is 0.606. The van der Waals surface area contributed by atoms with Crippen LogP contribution in [0.3, 0.4) is 0 Å². The van der Waals surface area contributed by atoms with E-state index in [1.807, 2.05) is 63.2 Å². The summed E-state index contributed by atoms with van der Waals surface area (Å²) < 4.78 is 28.7. The Morgan fingerprint density at radius 1 is 0.943 bits per heavy atom. The van der Waals surface area contributed by atoms with Gasteiger partial charge in [-0.25, -0.2) is 8.42 Å². The van der Waals surface area contributed by atoms with Crippen molar-refractivity contribution < 1.29 is 8.42 Å². The lowest BCUT2D eigenvalue weighted by atomic mass is 10.1. The van der Waals surface area contributed by atoms with Crippen molar-refractivity contribution in [2.75, 3.05) is 0 Å². The highest BCUT2D eigenvalue weighted by molar-refractivity contribution is 8.00. The third kappa shape index (κ3) is 4.90. The average molecular weight is 501 g/mol. The molecule has 0 saturated carbocycles. The van der Waals surface area contributed by atoms with Gasteiger partial charge < -0.3 is 0 Å². The molecule has 4 aromatic rings. The number of rotatable bonds is 5. The van der Waals surface area contributed by atoms with Crippen LogP contribution in [0, 0.1) is 25.2 Å². The van der Waals surface area contributed by atoms with Gasteiger partial charge in [0.05, 0.1) is 15.1 Å². The molecule has 0 aliphatic rings. The molecule has 0 unspecified atom stereocenters. The molecular weight excluding hydrogens is 476 g/mol. The van der Waals surface area contributed by atoms with Crippen molar-refractivity contribution in [1.29, 1.82) is 5.26 Å². The van der Waals surface area contributed by atoms with Crippen molar-refractivity contribution in [2.45, 2.75) is 32.1 Å². The Balaban J connectivity index is 2.08. The molecule has 0 fully saturated rings. The normalized spacial score (nSPS) is 12.9. The number of hydrogen-bond acceptors (Lipinski definition) is 5. The largest absolute Gasteiger partial charge is 0.273 e. The molecule has 5 nitrogen and oxygen atoms in total. The second-order valence-corrected chi connectivity index (χ2v) is 11.2. The van der Waals surface area contributed by atoms with Crippen molar-refractivity contribution in [3.05, 3.63) is 115 Å². The number of nitrogens with zero attached hydrogens (tertiary/aromatic N) is 2. The van der Waals surface area contributed by atoms with E-state index in [1.165, 1.54) is 16.7 Å². The van der Waals surface area contributed by atoms with Gasteiger partial charge in [0.2, 0.25) is 9.84 Å². The van der Waals surface area contributed by atoms with E-state index in [0.29, 0.717) is 10.2 Å². The maximum atomic E-state index is 13.6. The summed E-state index contributed by atoms with van der Waals surface area (Å²) in [7, 11) is -4.15. The minimum absolute atomic E-state index is 0.0115. The maximum Gasteiger partial charge on any atom is 0.273 e. The molecule has 0 saturated heterocycles. The minimum Gasteiger partial charge on any atom is -0.267 e. The Hall–Kier alpha value is -3.73. The van der Waals surface area contributed by atoms with Gasteiger partial charge >= 0.3 is 0 Å². The van der Waals surface area contributed by atoms with E-state index >= 15 is 0 Å². The fourth-order valence-corrected chi connectivity index (χ4v) is 6.25. The zero-order valence-corrected chi connectivity index (χ0v) is 21.3. The maximum absolute atomic E-state index is 13.6. The number of aryl methyl sites for hydroxylation is 3. The molecular formula is C28H24N2O3S2. The summed E-state index contributed by atoms with van der Waals surface area (Å²) in [6.07, 6.45) is 2.55. The fourth-order valence-electron chi connectivity index (χ4n) is 3.62. The van der Waals surface area contributed by atoms with Crippen LogP contribution in [0.25, 0.3) is 16.7 Å². The zero-order valence-electron chi connectivity index (χ0n) is 19.6. The van der Waals surface area contributed by atoms with Gasteiger partial charge in [-0.3, -0.25) is 9.36 Å². The van der Waals surface area contributed by atoms with Crippen molar-refractivity contribution in [3.63, 3.8) is 0 Å². The first-order valence-electron chi connectivity index (χ1n) is 11.1. The monoisotopic (exact) mass is 500 g/mol. The Bertz CT molecular complexity index is 1700. The number of aromatic nitrogens is 1. The highest BCUT2D eigenvalue weighted by Crippen LogP contribution is 2.20. The molecule has 0 atom stereocenters. The van der Waals surface area contributed by atoms with Crippen molar-refractivity contribution in [3.8, 4) is 11.8 Å². The van der Waals surface area contributed by atoms with Crippen LogP contribution in [-0.2, 0) is 16.3 Å². The quantitative estimate of drug-likeness (QED) is 0.415. The molecule has 0 bridgehead atoms. The van der Waals surface area contributed by atoms with Crippen LogP contribution in [0.4, 0.5) is 0 Å². The number of sulfone groups is 1. The van der Waals surface area contributed by atoms with Gasteiger partial charge in [0.25, 0.3) is 5.56 Å². The summed E-state index contributed by atoms with van der Waals surface area (Å²) in [5.41, 5.74) is 4.03. The molecule has 176 valence electrons. The molecule has 4 rings (SSSR count). The summed E-state index contributed by atoms with van der Waals surface area (Å²) in [5, 5.41) is 10.0. The summed E-state index contributed by atoms with van der Waals surface area (Å²) in [4.78, 5) is 13.1. The highest BCUT2D eigenvalue weighted by Gasteiger charge is 2.25. The predicted octanol–water partition coefficient (Wildman–Crippen LogP) is 4.01. The smallest absolute Gasteiger partial charge is 0.267 e. The van der Waals surface area contributed by atoms with Crippen LogP contribution in [0.15, 0.2) is 82.5 Å². The number of nitriles is 1. The zero-order chi connectivity index (χ0) is 25.2. The summed E-state index contributed by atoms with van der Waals surface area (Å²) in [6, 6.07) is 23.2. The van der Waals surface area contributed by atoms with Crippen molar-refractivity contribution >= 4 is 32.2 Å². The third-order valence-electron chi connectivity index (χ3n) is 5.70. The van der Waals surface area contributed by atoms with Gasteiger partial charge in [-0.05, 0) is 61.7 Å². The summed E-state index contributed by atoms with van der Waals surface area (Å²) in [6.45, 7) is 5.86. The average Bonchev–Trinajstić information content (AvgIpc) is 3.16.